The number of carbonyl (C=O) groups excluding carboxylic acids is 4. The Labute approximate surface area is 123 Å². The van der Waals surface area contributed by atoms with Crippen molar-refractivity contribution in [3.8, 4) is 0 Å². The number of rotatable bonds is 8. The number of ketones is 1. The van der Waals surface area contributed by atoms with Gasteiger partial charge in [-0.2, -0.15) is 0 Å². The molecule has 1 rings (SSSR count). The van der Waals surface area contributed by atoms with Gasteiger partial charge in [0.15, 0.2) is 5.78 Å². The Kier molecular flexibility index (Phi) is 6.23. The van der Waals surface area contributed by atoms with Gasteiger partial charge in [0.25, 0.3) is 11.8 Å². The number of hydrogen-bond donors (Lipinski definition) is 0. The monoisotopic (exact) mass is 296 g/mol. The highest BCUT2D eigenvalue weighted by atomic mass is 16.5. The lowest BCUT2D eigenvalue weighted by Gasteiger charge is -2.22. The normalized spacial score (nSPS) is 14.2. The van der Waals surface area contributed by atoms with Gasteiger partial charge in [0.05, 0.1) is 13.0 Å². The van der Waals surface area contributed by atoms with Gasteiger partial charge in [0, 0.05) is 25.1 Å². The first kappa shape index (κ1) is 17.0. The Balaban J connectivity index is 2.27. The molecule has 0 atom stereocenters. The summed E-state index contributed by atoms with van der Waals surface area (Å²) in [7, 11) is 1.50. The van der Waals surface area contributed by atoms with E-state index >= 15 is 0 Å². The largest absolute Gasteiger partial charge is 0.373 e. The van der Waals surface area contributed by atoms with E-state index in [1.165, 1.54) is 24.1 Å². The van der Waals surface area contributed by atoms with Crippen molar-refractivity contribution in [2.24, 2.45) is 5.92 Å². The molecular formula is C14H20N2O5. The molecule has 0 aliphatic carbocycles. The predicted octanol–water partition coefficient (Wildman–Crippen LogP) is -0.0409. The molecule has 0 bridgehead atoms. The third-order valence-corrected chi connectivity index (χ3v) is 3.03. The number of ether oxygens (including phenoxy) is 1. The molecule has 0 saturated heterocycles. The molecule has 0 N–H and O–H groups in total. The van der Waals surface area contributed by atoms with Gasteiger partial charge in [-0.25, -0.2) is 0 Å². The van der Waals surface area contributed by atoms with E-state index in [1.54, 1.807) is 13.8 Å². The zero-order valence-electron chi connectivity index (χ0n) is 12.5. The molecule has 7 nitrogen and oxygen atoms in total. The SMILES string of the molecule is CC(C)C(=O)COCCC(=O)N(C)CN1C(=O)C=CC1=O. The molecule has 0 unspecified atom stereocenters. The fraction of sp³-hybridized carbons (Fsp3) is 0.571. The standard InChI is InChI=1S/C14H20N2O5/c1-10(2)11(17)8-21-7-6-12(18)15(3)9-16-13(19)4-5-14(16)20/h4-5,10H,6-9H2,1-3H3. The lowest BCUT2D eigenvalue weighted by Crippen LogP contribution is -2.42. The van der Waals surface area contributed by atoms with Crippen LogP contribution in [0.1, 0.15) is 20.3 Å². The summed E-state index contributed by atoms with van der Waals surface area (Å²) in [5, 5.41) is 0. The van der Waals surface area contributed by atoms with Crippen LogP contribution in [-0.4, -0.2) is 60.2 Å². The first-order valence-corrected chi connectivity index (χ1v) is 6.71. The van der Waals surface area contributed by atoms with Crippen LogP contribution < -0.4 is 0 Å². The molecule has 1 aliphatic heterocycles. The predicted molar refractivity (Wildman–Crippen MR) is 73.9 cm³/mol. The highest BCUT2D eigenvalue weighted by Crippen LogP contribution is 2.05. The van der Waals surface area contributed by atoms with Gasteiger partial charge in [0.2, 0.25) is 5.91 Å². The maximum atomic E-state index is 11.8. The average molecular weight is 296 g/mol. The highest BCUT2D eigenvalue weighted by molar-refractivity contribution is 6.12. The number of hydrogen-bond acceptors (Lipinski definition) is 5. The van der Waals surface area contributed by atoms with Crippen LogP contribution in [0.15, 0.2) is 12.2 Å². The third-order valence-electron chi connectivity index (χ3n) is 3.03. The fourth-order valence-electron chi connectivity index (χ4n) is 1.55. The van der Waals surface area contributed by atoms with Gasteiger partial charge < -0.3 is 9.64 Å². The summed E-state index contributed by atoms with van der Waals surface area (Å²) in [5.74, 6) is -1.24. The summed E-state index contributed by atoms with van der Waals surface area (Å²) in [6.45, 7) is 3.59. The fourth-order valence-corrected chi connectivity index (χ4v) is 1.55. The van der Waals surface area contributed by atoms with Crippen molar-refractivity contribution in [1.29, 1.82) is 0 Å². The maximum Gasteiger partial charge on any atom is 0.255 e. The topological polar surface area (TPSA) is 84.0 Å². The van der Waals surface area contributed by atoms with Crippen LogP contribution in [0.2, 0.25) is 0 Å². The molecule has 0 fully saturated rings. The minimum atomic E-state index is -0.432. The van der Waals surface area contributed by atoms with Crippen LogP contribution in [0.5, 0.6) is 0 Å². The minimum Gasteiger partial charge on any atom is -0.373 e. The van der Waals surface area contributed by atoms with Crippen LogP contribution in [0.3, 0.4) is 0 Å². The van der Waals surface area contributed by atoms with Crippen molar-refractivity contribution >= 4 is 23.5 Å². The Morgan fingerprint density at radius 3 is 2.33 bits per heavy atom. The molecular weight excluding hydrogens is 276 g/mol. The van der Waals surface area contributed by atoms with Crippen molar-refractivity contribution in [1.82, 2.24) is 9.80 Å². The lowest BCUT2D eigenvalue weighted by molar-refractivity contribution is -0.143. The Bertz CT molecular complexity index is 452. The molecule has 21 heavy (non-hydrogen) atoms. The van der Waals surface area contributed by atoms with Gasteiger partial charge in [-0.3, -0.25) is 24.1 Å². The zero-order chi connectivity index (χ0) is 16.0. The molecule has 3 amide bonds. The molecule has 0 spiro atoms. The number of Topliss-reactive ketones (excluding diaryl/α,β-unsaturated/α-hetero) is 1. The Morgan fingerprint density at radius 1 is 1.24 bits per heavy atom. The highest BCUT2D eigenvalue weighted by Gasteiger charge is 2.25. The van der Waals surface area contributed by atoms with Crippen molar-refractivity contribution < 1.29 is 23.9 Å². The van der Waals surface area contributed by atoms with Crippen LogP contribution >= 0.6 is 0 Å². The molecule has 0 aromatic carbocycles. The summed E-state index contributed by atoms with van der Waals surface area (Å²) in [5.41, 5.74) is 0. The lowest BCUT2D eigenvalue weighted by atomic mass is 10.1. The maximum absolute atomic E-state index is 11.8. The van der Waals surface area contributed by atoms with E-state index in [0.29, 0.717) is 0 Å². The second-order valence-electron chi connectivity index (χ2n) is 5.09. The van der Waals surface area contributed by atoms with E-state index in [-0.39, 0.29) is 43.9 Å². The number of nitrogens with zero attached hydrogens (tertiary/aromatic N) is 2. The molecule has 116 valence electrons. The second kappa shape index (κ2) is 7.68. The van der Waals surface area contributed by atoms with Crippen molar-refractivity contribution in [2.75, 3.05) is 26.9 Å². The Hall–Kier alpha value is -2.02. The molecule has 0 aromatic heterocycles. The quantitative estimate of drug-likeness (QED) is 0.463. The smallest absolute Gasteiger partial charge is 0.255 e. The minimum absolute atomic E-state index is 0.0122. The number of amides is 3. The van der Waals surface area contributed by atoms with E-state index in [2.05, 4.69) is 0 Å². The van der Waals surface area contributed by atoms with Gasteiger partial charge in [0.1, 0.15) is 13.3 Å². The molecule has 0 radical (unpaired) electrons. The molecule has 0 saturated carbocycles. The van der Waals surface area contributed by atoms with Crippen LogP contribution in [0.25, 0.3) is 0 Å². The van der Waals surface area contributed by atoms with Crippen LogP contribution in [0, 0.1) is 5.92 Å². The van der Waals surface area contributed by atoms with E-state index in [9.17, 15) is 19.2 Å². The summed E-state index contributed by atoms with van der Waals surface area (Å²) in [6, 6.07) is 0. The van der Waals surface area contributed by atoms with Crippen molar-refractivity contribution in [3.05, 3.63) is 12.2 Å². The summed E-state index contributed by atoms with van der Waals surface area (Å²) in [4.78, 5) is 48.1. The molecule has 1 heterocycles. The molecule has 1 aliphatic rings. The third kappa shape index (κ3) is 5.11. The Morgan fingerprint density at radius 2 is 1.81 bits per heavy atom. The van der Waals surface area contributed by atoms with Gasteiger partial charge in [-0.1, -0.05) is 13.8 Å². The van der Waals surface area contributed by atoms with E-state index < -0.39 is 11.8 Å². The number of carbonyl (C=O) groups is 4. The van der Waals surface area contributed by atoms with E-state index in [0.717, 1.165) is 4.90 Å². The first-order chi connectivity index (χ1) is 9.82. The van der Waals surface area contributed by atoms with Crippen molar-refractivity contribution in [3.63, 3.8) is 0 Å². The number of imide groups is 1. The molecule has 7 heteroatoms. The van der Waals surface area contributed by atoms with E-state index in [4.69, 9.17) is 4.74 Å². The van der Waals surface area contributed by atoms with Crippen LogP contribution in [-0.2, 0) is 23.9 Å². The van der Waals surface area contributed by atoms with Crippen molar-refractivity contribution in [2.45, 2.75) is 20.3 Å². The second-order valence-corrected chi connectivity index (χ2v) is 5.09. The zero-order valence-corrected chi connectivity index (χ0v) is 12.5. The summed E-state index contributed by atoms with van der Waals surface area (Å²) < 4.78 is 5.13. The first-order valence-electron chi connectivity index (χ1n) is 6.71. The van der Waals surface area contributed by atoms with Gasteiger partial charge in [-0.15, -0.1) is 0 Å². The van der Waals surface area contributed by atoms with Gasteiger partial charge >= 0.3 is 0 Å². The van der Waals surface area contributed by atoms with Crippen LogP contribution in [0.4, 0.5) is 0 Å². The molecule has 0 aromatic rings. The summed E-state index contributed by atoms with van der Waals surface area (Å²) >= 11 is 0. The average Bonchev–Trinajstić information content (AvgIpc) is 2.74. The van der Waals surface area contributed by atoms with E-state index in [1.807, 2.05) is 0 Å². The summed E-state index contributed by atoms with van der Waals surface area (Å²) in [6.07, 6.45) is 2.42. The van der Waals surface area contributed by atoms with Gasteiger partial charge in [-0.05, 0) is 0 Å².